The lowest BCUT2D eigenvalue weighted by atomic mass is 9.90. The lowest BCUT2D eigenvalue weighted by Crippen LogP contribution is -2.62. The maximum atomic E-state index is 11.9. The number of hydrogen-bond donors (Lipinski definition) is 1. The van der Waals surface area contributed by atoms with Crippen LogP contribution in [0.25, 0.3) is 0 Å². The Morgan fingerprint density at radius 1 is 0.605 bits per heavy atom. The average molecular weight is 549 g/mol. The van der Waals surface area contributed by atoms with Crippen molar-refractivity contribution in [1.82, 2.24) is 0 Å². The highest BCUT2D eigenvalue weighted by Crippen LogP contribution is 2.36. The topological polar surface area (TPSA) is 179 Å². The number of carbonyl (C=O) groups is 5. The zero-order valence-corrected chi connectivity index (χ0v) is 22.4. The van der Waals surface area contributed by atoms with Crippen molar-refractivity contribution in [2.45, 2.75) is 97.7 Å². The maximum absolute atomic E-state index is 11.9. The summed E-state index contributed by atoms with van der Waals surface area (Å²) in [7, 11) is 0. The largest absolute Gasteiger partial charge is 0.463 e. The van der Waals surface area contributed by atoms with E-state index in [1.165, 1.54) is 20.8 Å². The highest BCUT2D eigenvalue weighted by atomic mass is 16.8. The smallest absolute Gasteiger partial charge is 0.303 e. The summed E-state index contributed by atoms with van der Waals surface area (Å²) in [5.41, 5.74) is 0. The first-order valence-electron chi connectivity index (χ1n) is 12.1. The SMILES string of the molecule is CC(=O)OC[C@H]1O[C@H](O[C@H]2OC(CO)[C@@H](C)[C@H](OC(C)=O)C2OC(C)=O)C(C)C(OC(C)=O)[C@@H]1OC(C)=O. The molecule has 1 N–H and O–H groups in total. The van der Waals surface area contributed by atoms with Crippen molar-refractivity contribution in [3.63, 3.8) is 0 Å². The Kier molecular flexibility index (Phi) is 11.4. The van der Waals surface area contributed by atoms with Gasteiger partial charge in [-0.2, -0.15) is 0 Å². The Balaban J connectivity index is 2.43. The van der Waals surface area contributed by atoms with Gasteiger partial charge < -0.3 is 43.0 Å². The molecule has 14 nitrogen and oxygen atoms in total. The molecule has 216 valence electrons. The molecular weight excluding hydrogens is 512 g/mol. The van der Waals surface area contributed by atoms with Crippen LogP contribution >= 0.6 is 0 Å². The minimum absolute atomic E-state index is 0.372. The molecule has 2 saturated heterocycles. The lowest BCUT2D eigenvalue weighted by Gasteiger charge is -2.48. The van der Waals surface area contributed by atoms with Gasteiger partial charge in [-0.05, 0) is 0 Å². The molecule has 2 rings (SSSR count). The fourth-order valence-electron chi connectivity index (χ4n) is 4.40. The number of rotatable bonds is 9. The van der Waals surface area contributed by atoms with Crippen molar-refractivity contribution in [1.29, 1.82) is 0 Å². The van der Waals surface area contributed by atoms with E-state index in [9.17, 15) is 29.1 Å². The van der Waals surface area contributed by atoms with E-state index in [2.05, 4.69) is 0 Å². The molecule has 0 saturated carbocycles. The molecule has 14 heteroatoms. The Labute approximate surface area is 220 Å². The molecule has 0 bridgehead atoms. The molecule has 10 atom stereocenters. The van der Waals surface area contributed by atoms with Crippen LogP contribution in [0.5, 0.6) is 0 Å². The van der Waals surface area contributed by atoms with Gasteiger partial charge in [-0.1, -0.05) is 13.8 Å². The van der Waals surface area contributed by atoms with Crippen LogP contribution in [-0.4, -0.2) is 97.4 Å². The van der Waals surface area contributed by atoms with E-state index in [0.29, 0.717) is 0 Å². The van der Waals surface area contributed by atoms with Crippen molar-refractivity contribution >= 4 is 29.8 Å². The Bertz CT molecular complexity index is 874. The second kappa shape index (κ2) is 13.8. The van der Waals surface area contributed by atoms with Crippen molar-refractivity contribution < 1.29 is 67.0 Å². The summed E-state index contributed by atoms with van der Waals surface area (Å²) in [6.45, 7) is 8.24. The predicted molar refractivity (Wildman–Crippen MR) is 123 cm³/mol. The molecule has 2 aliphatic rings. The predicted octanol–water partition coefficient (Wildman–Crippen LogP) is 0.00720. The summed E-state index contributed by atoms with van der Waals surface area (Å²) in [5, 5.41) is 9.87. The molecule has 2 fully saturated rings. The molecule has 2 heterocycles. The number of esters is 5. The van der Waals surface area contributed by atoms with Crippen LogP contribution in [0.4, 0.5) is 0 Å². The summed E-state index contributed by atoms with van der Waals surface area (Å²) in [5.74, 6) is -4.75. The molecule has 0 aliphatic carbocycles. The number of aliphatic hydroxyl groups excluding tert-OH is 1. The highest BCUT2D eigenvalue weighted by molar-refractivity contribution is 5.68. The third kappa shape index (κ3) is 8.35. The van der Waals surface area contributed by atoms with Gasteiger partial charge in [0.15, 0.2) is 18.5 Å². The third-order valence-electron chi connectivity index (χ3n) is 6.06. The zero-order valence-electron chi connectivity index (χ0n) is 22.4. The monoisotopic (exact) mass is 548 g/mol. The first-order valence-corrected chi connectivity index (χ1v) is 12.1. The molecule has 2 aliphatic heterocycles. The fourth-order valence-corrected chi connectivity index (χ4v) is 4.40. The van der Waals surface area contributed by atoms with Crippen LogP contribution in [0.15, 0.2) is 0 Å². The summed E-state index contributed by atoms with van der Waals surface area (Å²) < 4.78 is 44.6. The van der Waals surface area contributed by atoms with Crippen LogP contribution in [0, 0.1) is 11.8 Å². The van der Waals surface area contributed by atoms with Crippen molar-refractivity contribution in [3.05, 3.63) is 0 Å². The highest BCUT2D eigenvalue weighted by Gasteiger charge is 2.53. The van der Waals surface area contributed by atoms with Gasteiger partial charge >= 0.3 is 29.8 Å². The van der Waals surface area contributed by atoms with Crippen molar-refractivity contribution in [3.8, 4) is 0 Å². The van der Waals surface area contributed by atoms with E-state index < -0.39 is 97.5 Å². The van der Waals surface area contributed by atoms with E-state index >= 15 is 0 Å². The van der Waals surface area contributed by atoms with Gasteiger partial charge in [-0.25, -0.2) is 0 Å². The zero-order chi connectivity index (χ0) is 28.7. The van der Waals surface area contributed by atoms with Gasteiger partial charge in [0.05, 0.1) is 12.7 Å². The number of carbonyl (C=O) groups excluding carboxylic acids is 5. The fraction of sp³-hybridized carbons (Fsp3) is 0.792. The first-order chi connectivity index (χ1) is 17.7. The van der Waals surface area contributed by atoms with E-state index in [0.717, 1.165) is 13.8 Å². The summed E-state index contributed by atoms with van der Waals surface area (Å²) in [4.78, 5) is 58.9. The normalized spacial score (nSPS) is 34.9. The number of aliphatic hydroxyl groups is 1. The summed E-state index contributed by atoms with van der Waals surface area (Å²) >= 11 is 0. The molecule has 0 aromatic heterocycles. The van der Waals surface area contributed by atoms with Crippen LogP contribution in [0.1, 0.15) is 48.5 Å². The number of ether oxygens (including phenoxy) is 8. The quantitative estimate of drug-likeness (QED) is 0.301. The molecule has 0 aromatic rings. The summed E-state index contributed by atoms with van der Waals surface area (Å²) in [6, 6.07) is 0. The molecule has 0 spiro atoms. The van der Waals surface area contributed by atoms with Crippen LogP contribution in [0.2, 0.25) is 0 Å². The molecule has 0 amide bonds. The van der Waals surface area contributed by atoms with E-state index in [1.54, 1.807) is 13.8 Å². The standard InChI is InChI=1S/C24H36O14/c1-10-17(8-25)36-24(22(35-16(7)30)19(10)32-13(4)27)38-23-11(2)20(33-14(5)28)21(34-15(6)29)18(37-23)9-31-12(3)26/h10-11,17-25H,8-9H2,1-7H3/t10-,11?,17?,18-,19+,20?,21-,22?,23-,24-/m1/s1. The van der Waals surface area contributed by atoms with Gasteiger partial charge in [0, 0.05) is 46.5 Å². The van der Waals surface area contributed by atoms with E-state index in [4.69, 9.17) is 37.9 Å². The minimum atomic E-state index is -1.40. The molecule has 0 aromatic carbocycles. The molecule has 0 radical (unpaired) electrons. The Hall–Kier alpha value is -2.81. The van der Waals surface area contributed by atoms with Gasteiger partial charge in [0.2, 0.25) is 6.29 Å². The van der Waals surface area contributed by atoms with Crippen LogP contribution in [0.3, 0.4) is 0 Å². The van der Waals surface area contributed by atoms with Crippen LogP contribution < -0.4 is 0 Å². The van der Waals surface area contributed by atoms with Crippen molar-refractivity contribution in [2.75, 3.05) is 13.2 Å². The molecule has 4 unspecified atom stereocenters. The van der Waals surface area contributed by atoms with Crippen LogP contribution in [-0.2, 0) is 61.9 Å². The average Bonchev–Trinajstić information content (AvgIpc) is 2.79. The number of hydrogen-bond acceptors (Lipinski definition) is 14. The Morgan fingerprint density at radius 3 is 1.53 bits per heavy atom. The van der Waals surface area contributed by atoms with E-state index in [-0.39, 0.29) is 6.61 Å². The third-order valence-corrected chi connectivity index (χ3v) is 6.06. The second-order valence-corrected chi connectivity index (χ2v) is 9.22. The first kappa shape index (κ1) is 31.4. The van der Waals surface area contributed by atoms with E-state index in [1.807, 2.05) is 0 Å². The summed E-state index contributed by atoms with van der Waals surface area (Å²) in [6.07, 6.45) is -9.19. The maximum Gasteiger partial charge on any atom is 0.303 e. The van der Waals surface area contributed by atoms with Gasteiger partial charge in [-0.15, -0.1) is 0 Å². The van der Waals surface area contributed by atoms with Gasteiger partial charge in [-0.3, -0.25) is 24.0 Å². The molecular formula is C24H36O14. The van der Waals surface area contributed by atoms with Crippen molar-refractivity contribution in [2.24, 2.45) is 11.8 Å². The Morgan fingerprint density at radius 2 is 1.05 bits per heavy atom. The minimum Gasteiger partial charge on any atom is -0.463 e. The van der Waals surface area contributed by atoms with Gasteiger partial charge in [0.1, 0.15) is 24.9 Å². The lowest BCUT2D eigenvalue weighted by molar-refractivity contribution is -0.365. The molecule has 38 heavy (non-hydrogen) atoms. The van der Waals surface area contributed by atoms with Gasteiger partial charge in [0.25, 0.3) is 0 Å². The second-order valence-electron chi connectivity index (χ2n) is 9.22.